The molecule has 1 atom stereocenters. The third-order valence-electron chi connectivity index (χ3n) is 9.85. The van der Waals surface area contributed by atoms with Crippen LogP contribution in [-0.4, -0.2) is 56.9 Å². The summed E-state index contributed by atoms with van der Waals surface area (Å²) < 4.78 is 5.93. The zero-order valence-electron chi connectivity index (χ0n) is 27.9. The van der Waals surface area contributed by atoms with E-state index in [1.165, 1.54) is 79.8 Å². The molecular formula is C38H50N2O6S2. The van der Waals surface area contributed by atoms with Crippen LogP contribution in [0, 0.1) is 0 Å². The second-order valence-electron chi connectivity index (χ2n) is 13.3. The van der Waals surface area contributed by atoms with Crippen molar-refractivity contribution in [2.75, 3.05) is 13.6 Å². The molecule has 5 rings (SSSR count). The molecule has 0 bridgehead atoms. The van der Waals surface area contributed by atoms with Gasteiger partial charge in [-0.05, 0) is 92.7 Å². The Morgan fingerprint density at radius 2 is 1.50 bits per heavy atom. The maximum Gasteiger partial charge on any atom is 0.349 e. The molecule has 0 amide bonds. The Labute approximate surface area is 291 Å². The standard InChI is InChI=1S/C38H50N2O6S2/c1-40(27-16-18-28(19-17-27)46-37(44)38(45,33-14-11-25-47-33)34-15-12-26-48-34)24-10-8-6-4-2-3-5-7-9-13-31(41)29-20-22-32(42)36-30(29)21-23-35(43)39-36/h11-12,14-15,20-23,25-28,31,41-42,45H,2-10,13,16-19,24H2,1H3,(H,39,43)/t27?,28?,31-/m0/s1. The first-order valence-corrected chi connectivity index (χ1v) is 19.3. The molecule has 1 fully saturated rings. The van der Waals surface area contributed by atoms with Crippen LogP contribution < -0.4 is 5.56 Å². The Bertz CT molecular complexity index is 1580. The number of fused-ring (bicyclic) bond motifs is 1. The third-order valence-corrected chi connectivity index (χ3v) is 11.8. The molecule has 0 spiro atoms. The molecule has 0 aliphatic heterocycles. The minimum atomic E-state index is -1.74. The van der Waals surface area contributed by atoms with Gasteiger partial charge in [-0.25, -0.2) is 4.79 Å². The molecular weight excluding hydrogens is 645 g/mol. The molecule has 260 valence electrons. The summed E-state index contributed by atoms with van der Waals surface area (Å²) in [6, 6.07) is 14.1. The van der Waals surface area contributed by atoms with E-state index < -0.39 is 17.7 Å². The number of nitrogens with zero attached hydrogens (tertiary/aromatic N) is 1. The van der Waals surface area contributed by atoms with E-state index in [0.717, 1.165) is 50.6 Å². The summed E-state index contributed by atoms with van der Waals surface area (Å²) in [6.07, 6.45) is 14.1. The van der Waals surface area contributed by atoms with E-state index in [2.05, 4.69) is 16.9 Å². The lowest BCUT2D eigenvalue weighted by Crippen LogP contribution is -2.42. The van der Waals surface area contributed by atoms with Crippen LogP contribution in [0.15, 0.2) is 64.1 Å². The van der Waals surface area contributed by atoms with Crippen LogP contribution in [-0.2, 0) is 15.1 Å². The van der Waals surface area contributed by atoms with Gasteiger partial charge in [-0.3, -0.25) is 4.79 Å². The number of benzene rings is 1. The van der Waals surface area contributed by atoms with Gasteiger partial charge in [0.2, 0.25) is 11.2 Å². The highest BCUT2D eigenvalue weighted by atomic mass is 32.1. The first-order valence-electron chi connectivity index (χ1n) is 17.5. The van der Waals surface area contributed by atoms with Gasteiger partial charge in [-0.15, -0.1) is 22.7 Å². The Morgan fingerprint density at radius 1 is 0.896 bits per heavy atom. The largest absolute Gasteiger partial charge is 0.506 e. The number of rotatable bonds is 18. The lowest BCUT2D eigenvalue weighted by atomic mass is 9.91. The van der Waals surface area contributed by atoms with Crippen LogP contribution in [0.2, 0.25) is 0 Å². The van der Waals surface area contributed by atoms with Crippen molar-refractivity contribution in [3.8, 4) is 5.75 Å². The zero-order valence-corrected chi connectivity index (χ0v) is 29.6. The number of unbranched alkanes of at least 4 members (excludes halogenated alkanes) is 8. The van der Waals surface area contributed by atoms with Crippen molar-refractivity contribution in [3.05, 3.63) is 85.0 Å². The molecule has 1 aliphatic carbocycles. The summed E-state index contributed by atoms with van der Waals surface area (Å²) in [5.74, 6) is -0.552. The van der Waals surface area contributed by atoms with E-state index >= 15 is 0 Å². The van der Waals surface area contributed by atoms with Crippen LogP contribution in [0.3, 0.4) is 0 Å². The molecule has 4 N–H and O–H groups in total. The highest BCUT2D eigenvalue weighted by Gasteiger charge is 2.45. The highest BCUT2D eigenvalue weighted by molar-refractivity contribution is 7.12. The summed E-state index contributed by atoms with van der Waals surface area (Å²) in [7, 11) is 2.21. The average Bonchev–Trinajstić information content (AvgIpc) is 3.84. The smallest absolute Gasteiger partial charge is 0.349 e. The van der Waals surface area contributed by atoms with Crippen LogP contribution in [0.1, 0.15) is 111 Å². The lowest BCUT2D eigenvalue weighted by Gasteiger charge is -2.35. The number of esters is 1. The predicted octanol–water partition coefficient (Wildman–Crippen LogP) is 8.01. The number of phenols is 1. The lowest BCUT2D eigenvalue weighted by molar-refractivity contribution is -0.169. The van der Waals surface area contributed by atoms with Crippen molar-refractivity contribution in [1.29, 1.82) is 0 Å². The van der Waals surface area contributed by atoms with Gasteiger partial charge in [0.15, 0.2) is 0 Å². The van der Waals surface area contributed by atoms with Crippen LogP contribution >= 0.6 is 22.7 Å². The van der Waals surface area contributed by atoms with Crippen LogP contribution in [0.25, 0.3) is 10.9 Å². The van der Waals surface area contributed by atoms with E-state index in [4.69, 9.17) is 4.74 Å². The van der Waals surface area contributed by atoms with Gasteiger partial charge in [0.25, 0.3) is 0 Å². The van der Waals surface area contributed by atoms with Gasteiger partial charge in [0, 0.05) is 17.5 Å². The van der Waals surface area contributed by atoms with Crippen LogP contribution in [0.5, 0.6) is 5.75 Å². The van der Waals surface area contributed by atoms with Crippen LogP contribution in [0.4, 0.5) is 0 Å². The van der Waals surface area contributed by atoms with Crippen molar-refractivity contribution >= 4 is 39.5 Å². The number of carbonyl (C=O) groups excluding carboxylic acids is 1. The molecule has 0 saturated heterocycles. The quantitative estimate of drug-likeness (QED) is 0.0615. The highest BCUT2D eigenvalue weighted by Crippen LogP contribution is 2.38. The number of H-pyrrole nitrogens is 1. The summed E-state index contributed by atoms with van der Waals surface area (Å²) in [4.78, 5) is 31.2. The van der Waals surface area contributed by atoms with Crippen molar-refractivity contribution in [2.24, 2.45) is 0 Å². The summed E-state index contributed by atoms with van der Waals surface area (Å²) in [5.41, 5.74) is -0.893. The second-order valence-corrected chi connectivity index (χ2v) is 15.1. The van der Waals surface area contributed by atoms with E-state index in [9.17, 15) is 24.9 Å². The van der Waals surface area contributed by atoms with Gasteiger partial charge >= 0.3 is 5.97 Å². The first kappa shape index (κ1) is 36.3. The number of aromatic nitrogens is 1. The van der Waals surface area contributed by atoms with Gasteiger partial charge in [-0.1, -0.05) is 69.6 Å². The van der Waals surface area contributed by atoms with Gasteiger partial charge in [0.1, 0.15) is 11.9 Å². The molecule has 3 heterocycles. The number of phenolic OH excluding ortho intramolecular Hbond substituents is 1. The molecule has 0 radical (unpaired) electrons. The molecule has 0 unspecified atom stereocenters. The summed E-state index contributed by atoms with van der Waals surface area (Å²) >= 11 is 2.74. The predicted molar refractivity (Wildman–Crippen MR) is 194 cm³/mol. The Hall–Kier alpha value is -3.02. The Kier molecular flexibility index (Phi) is 13.3. The van der Waals surface area contributed by atoms with Gasteiger partial charge < -0.3 is 29.9 Å². The number of pyridine rings is 1. The summed E-state index contributed by atoms with van der Waals surface area (Å²) in [6.45, 7) is 1.08. The van der Waals surface area contributed by atoms with E-state index in [1.807, 2.05) is 22.9 Å². The Morgan fingerprint density at radius 3 is 2.10 bits per heavy atom. The minimum Gasteiger partial charge on any atom is -0.506 e. The van der Waals surface area contributed by atoms with Crippen molar-refractivity contribution in [3.63, 3.8) is 0 Å². The number of hydrogen-bond acceptors (Lipinski definition) is 9. The number of thiophene rings is 2. The molecule has 8 nitrogen and oxygen atoms in total. The van der Waals surface area contributed by atoms with Crippen molar-refractivity contribution in [2.45, 2.75) is 114 Å². The van der Waals surface area contributed by atoms with E-state index in [1.54, 1.807) is 24.3 Å². The number of aliphatic hydroxyl groups excluding tert-OH is 1. The number of ether oxygens (including phenoxy) is 1. The number of aromatic amines is 1. The number of nitrogens with one attached hydrogen (secondary N) is 1. The summed E-state index contributed by atoms with van der Waals surface area (Å²) in [5, 5.41) is 36.7. The van der Waals surface area contributed by atoms with Crippen molar-refractivity contribution in [1.82, 2.24) is 9.88 Å². The normalized spacial score (nSPS) is 17.6. The zero-order chi connectivity index (χ0) is 33.9. The van der Waals surface area contributed by atoms with Gasteiger partial charge in [0.05, 0.1) is 21.4 Å². The SMILES string of the molecule is CN(CCCCCCCCCCC[C@H](O)c1ccc(O)c2[nH]c(=O)ccc12)C1CCC(OC(=O)C(O)(c2cccs2)c2cccs2)CC1. The van der Waals surface area contributed by atoms with Crippen molar-refractivity contribution < 1.29 is 24.9 Å². The maximum absolute atomic E-state index is 13.3. The maximum atomic E-state index is 13.3. The second kappa shape index (κ2) is 17.6. The Balaban J connectivity index is 0.899. The number of aliphatic hydroxyl groups is 2. The number of aromatic hydroxyl groups is 1. The fraction of sp³-hybridized carbons (Fsp3) is 0.526. The molecule has 48 heavy (non-hydrogen) atoms. The molecule has 10 heteroatoms. The first-order chi connectivity index (χ1) is 23.3. The molecule has 1 aromatic carbocycles. The number of hydrogen-bond donors (Lipinski definition) is 4. The fourth-order valence-corrected chi connectivity index (χ4v) is 8.67. The fourth-order valence-electron chi connectivity index (χ4n) is 6.96. The monoisotopic (exact) mass is 694 g/mol. The molecule has 3 aromatic heterocycles. The molecule has 4 aromatic rings. The average molecular weight is 695 g/mol. The topological polar surface area (TPSA) is 123 Å². The minimum absolute atomic E-state index is 0.0147. The number of carbonyl (C=O) groups is 1. The molecule has 1 aliphatic rings. The molecule has 1 saturated carbocycles. The van der Waals surface area contributed by atoms with E-state index in [-0.39, 0.29) is 17.4 Å². The van der Waals surface area contributed by atoms with E-state index in [0.29, 0.717) is 33.1 Å². The third kappa shape index (κ3) is 9.15. The van der Waals surface area contributed by atoms with Gasteiger partial charge in [-0.2, -0.15) is 0 Å².